The molecular weight excluding hydrogens is 270 g/mol. The highest BCUT2D eigenvalue weighted by Crippen LogP contribution is 2.33. The van der Waals surface area contributed by atoms with Gasteiger partial charge in [0.2, 0.25) is 0 Å². The first-order valence-electron chi connectivity index (χ1n) is 6.86. The van der Waals surface area contributed by atoms with E-state index in [4.69, 9.17) is 0 Å². The van der Waals surface area contributed by atoms with E-state index in [-0.39, 0.29) is 5.92 Å². The van der Waals surface area contributed by atoms with Gasteiger partial charge in [0.1, 0.15) is 11.6 Å². The Hall–Kier alpha value is -1.59. The molecule has 0 aliphatic carbocycles. The topological polar surface area (TPSA) is 53.8 Å². The molecule has 1 aromatic carbocycles. The van der Waals surface area contributed by atoms with Gasteiger partial charge >= 0.3 is 5.16 Å². The summed E-state index contributed by atoms with van der Waals surface area (Å²) < 4.78 is 14.0. The SMILES string of the molecule is CCC1c2ccccc2C=Cn2c1nnc2[S+]([O-])CC. The van der Waals surface area contributed by atoms with E-state index in [2.05, 4.69) is 29.3 Å². The summed E-state index contributed by atoms with van der Waals surface area (Å²) in [6.07, 6.45) is 4.93. The maximum Gasteiger partial charge on any atom is 0.347 e. The zero-order valence-electron chi connectivity index (χ0n) is 11.6. The highest BCUT2D eigenvalue weighted by Gasteiger charge is 2.28. The Morgan fingerprint density at radius 1 is 1.25 bits per heavy atom. The number of hydrogen-bond donors (Lipinski definition) is 0. The number of rotatable bonds is 3. The third kappa shape index (κ3) is 2.07. The van der Waals surface area contributed by atoms with Crippen LogP contribution in [0.3, 0.4) is 0 Å². The Bertz CT molecular complexity index is 650. The van der Waals surface area contributed by atoms with Crippen molar-refractivity contribution < 1.29 is 4.55 Å². The Morgan fingerprint density at radius 3 is 2.80 bits per heavy atom. The van der Waals surface area contributed by atoms with Crippen LogP contribution in [0.25, 0.3) is 12.3 Å². The van der Waals surface area contributed by atoms with Gasteiger partial charge in [-0.1, -0.05) is 36.3 Å². The van der Waals surface area contributed by atoms with Gasteiger partial charge in [0.25, 0.3) is 0 Å². The third-order valence-electron chi connectivity index (χ3n) is 3.65. The van der Waals surface area contributed by atoms with Gasteiger partial charge < -0.3 is 4.55 Å². The lowest BCUT2D eigenvalue weighted by Crippen LogP contribution is -2.12. The molecule has 4 nitrogen and oxygen atoms in total. The summed E-state index contributed by atoms with van der Waals surface area (Å²) in [5, 5.41) is 8.99. The fourth-order valence-corrected chi connectivity index (χ4v) is 3.39. The van der Waals surface area contributed by atoms with Crippen molar-refractivity contribution in [3.63, 3.8) is 0 Å². The predicted molar refractivity (Wildman–Crippen MR) is 80.8 cm³/mol. The lowest BCUT2D eigenvalue weighted by Gasteiger charge is -2.14. The van der Waals surface area contributed by atoms with Crippen molar-refractivity contribution in [2.45, 2.75) is 31.3 Å². The maximum absolute atomic E-state index is 12.1. The number of hydrogen-bond acceptors (Lipinski definition) is 3. The van der Waals surface area contributed by atoms with Crippen LogP contribution >= 0.6 is 0 Å². The molecule has 2 atom stereocenters. The van der Waals surface area contributed by atoms with E-state index < -0.39 is 11.2 Å². The van der Waals surface area contributed by atoms with E-state index in [1.54, 1.807) is 0 Å². The Balaban J connectivity index is 2.17. The summed E-state index contributed by atoms with van der Waals surface area (Å²) in [4.78, 5) is 0. The van der Waals surface area contributed by atoms with Crippen molar-refractivity contribution in [1.82, 2.24) is 14.8 Å². The van der Waals surface area contributed by atoms with Gasteiger partial charge in [0.05, 0.1) is 0 Å². The van der Waals surface area contributed by atoms with Crippen LogP contribution in [0.15, 0.2) is 29.4 Å². The highest BCUT2D eigenvalue weighted by molar-refractivity contribution is 7.91. The van der Waals surface area contributed by atoms with Crippen LogP contribution in [-0.2, 0) is 11.2 Å². The molecule has 0 radical (unpaired) electrons. The summed E-state index contributed by atoms with van der Waals surface area (Å²) in [6, 6.07) is 8.32. The van der Waals surface area contributed by atoms with Crippen LogP contribution in [0.2, 0.25) is 0 Å². The summed E-state index contributed by atoms with van der Waals surface area (Å²) in [5.74, 6) is 1.62. The Kier molecular flexibility index (Phi) is 3.63. The molecule has 0 bridgehead atoms. The molecule has 0 N–H and O–H groups in total. The molecule has 2 aromatic rings. The molecule has 104 valence electrons. The van der Waals surface area contributed by atoms with E-state index >= 15 is 0 Å². The minimum absolute atomic E-state index is 0.191. The average Bonchev–Trinajstić information content (AvgIpc) is 2.83. The molecule has 0 saturated carbocycles. The smallest absolute Gasteiger partial charge is 0.347 e. The summed E-state index contributed by atoms with van der Waals surface area (Å²) in [5.41, 5.74) is 2.45. The number of fused-ring (bicyclic) bond motifs is 2. The predicted octanol–water partition coefficient (Wildman–Crippen LogP) is 2.89. The van der Waals surface area contributed by atoms with Gasteiger partial charge in [-0.25, -0.2) is 4.57 Å². The molecule has 0 fully saturated rings. The number of aromatic nitrogens is 3. The standard InChI is InChI=1S/C15H17N3OS/c1-3-12-13-8-6-5-7-11(13)9-10-18-14(12)16-17-15(18)20(19)4-2/h5-10,12H,3-4H2,1-2H3. The van der Waals surface area contributed by atoms with Crippen LogP contribution in [0, 0.1) is 0 Å². The molecule has 1 aromatic heterocycles. The third-order valence-corrected chi connectivity index (χ3v) is 4.86. The van der Waals surface area contributed by atoms with Crippen LogP contribution in [0.5, 0.6) is 0 Å². The van der Waals surface area contributed by atoms with Gasteiger partial charge in [-0.2, -0.15) is 0 Å². The molecule has 2 unspecified atom stereocenters. The number of nitrogens with zero attached hydrogens (tertiary/aromatic N) is 3. The second-order valence-corrected chi connectivity index (χ2v) is 6.38. The monoisotopic (exact) mass is 287 g/mol. The van der Waals surface area contributed by atoms with Crippen molar-refractivity contribution in [1.29, 1.82) is 0 Å². The van der Waals surface area contributed by atoms with Gasteiger partial charge in [-0.15, -0.1) is 5.10 Å². The first kappa shape index (κ1) is 13.4. The van der Waals surface area contributed by atoms with Gasteiger partial charge in [-0.05, 0) is 30.5 Å². The molecule has 0 saturated heterocycles. The Morgan fingerprint density at radius 2 is 2.05 bits per heavy atom. The highest BCUT2D eigenvalue weighted by atomic mass is 32.2. The van der Waals surface area contributed by atoms with Crippen LogP contribution in [0.4, 0.5) is 0 Å². The first-order chi connectivity index (χ1) is 9.76. The van der Waals surface area contributed by atoms with Gasteiger partial charge in [0.15, 0.2) is 0 Å². The molecule has 2 heterocycles. The van der Waals surface area contributed by atoms with Crippen molar-refractivity contribution in [3.8, 4) is 0 Å². The fraction of sp³-hybridized carbons (Fsp3) is 0.333. The average molecular weight is 287 g/mol. The van der Waals surface area contributed by atoms with Gasteiger partial charge in [0, 0.05) is 23.3 Å². The summed E-state index contributed by atoms with van der Waals surface area (Å²) in [6.45, 7) is 4.03. The second kappa shape index (κ2) is 5.42. The quantitative estimate of drug-likeness (QED) is 0.816. The van der Waals surface area contributed by atoms with Crippen LogP contribution in [-0.4, -0.2) is 25.1 Å². The second-order valence-electron chi connectivity index (χ2n) is 4.75. The molecular formula is C15H17N3OS. The normalized spacial score (nSPS) is 18.2. The van der Waals surface area contributed by atoms with Crippen LogP contribution < -0.4 is 0 Å². The lowest BCUT2D eigenvalue weighted by atomic mass is 9.92. The van der Waals surface area contributed by atoms with E-state index in [0.29, 0.717) is 10.9 Å². The fourth-order valence-electron chi connectivity index (χ4n) is 2.63. The van der Waals surface area contributed by atoms with E-state index in [1.807, 2.05) is 35.9 Å². The molecule has 0 amide bonds. The molecule has 1 aliphatic heterocycles. The minimum Gasteiger partial charge on any atom is -0.609 e. The zero-order chi connectivity index (χ0) is 14.1. The molecule has 20 heavy (non-hydrogen) atoms. The summed E-state index contributed by atoms with van der Waals surface area (Å²) >= 11 is -1.10. The molecule has 0 spiro atoms. The molecule has 1 aliphatic rings. The van der Waals surface area contributed by atoms with Crippen molar-refractivity contribution in [3.05, 3.63) is 41.2 Å². The first-order valence-corrected chi connectivity index (χ1v) is 8.18. The lowest BCUT2D eigenvalue weighted by molar-refractivity contribution is 0.584. The van der Waals surface area contributed by atoms with Crippen molar-refractivity contribution in [2.75, 3.05) is 5.75 Å². The van der Waals surface area contributed by atoms with Crippen molar-refractivity contribution >= 4 is 23.5 Å². The van der Waals surface area contributed by atoms with E-state index in [0.717, 1.165) is 12.2 Å². The Labute approximate surface area is 121 Å². The maximum atomic E-state index is 12.1. The van der Waals surface area contributed by atoms with E-state index in [9.17, 15) is 4.55 Å². The minimum atomic E-state index is -1.10. The number of benzene rings is 1. The van der Waals surface area contributed by atoms with Gasteiger partial charge in [-0.3, -0.25) is 0 Å². The molecule has 3 rings (SSSR count). The molecule has 5 heteroatoms. The zero-order valence-corrected chi connectivity index (χ0v) is 12.4. The largest absolute Gasteiger partial charge is 0.609 e. The summed E-state index contributed by atoms with van der Waals surface area (Å²) in [7, 11) is 0. The van der Waals surface area contributed by atoms with Crippen molar-refractivity contribution in [2.24, 2.45) is 0 Å². The van der Waals surface area contributed by atoms with Crippen LogP contribution in [0.1, 0.15) is 43.1 Å². The van der Waals surface area contributed by atoms with E-state index in [1.165, 1.54) is 11.1 Å².